The Morgan fingerprint density at radius 3 is 2.71 bits per heavy atom. The van der Waals surface area contributed by atoms with Crippen LogP contribution in [0.1, 0.15) is 5.69 Å². The monoisotopic (exact) mass is 94.1 g/mol. The summed E-state index contributed by atoms with van der Waals surface area (Å²) in [6.45, 7) is 1.90. The molecule has 0 saturated carbocycles. The first-order valence-corrected chi connectivity index (χ1v) is 2.06. The van der Waals surface area contributed by atoms with Gasteiger partial charge < -0.3 is 0 Å². The van der Waals surface area contributed by atoms with Gasteiger partial charge in [0, 0.05) is 11.9 Å². The molecule has 0 bridgehead atoms. The topological polar surface area (TPSA) is 17.8 Å². The Labute approximate surface area is 42.8 Å². The predicted octanol–water partition coefficient (Wildman–Crippen LogP) is 0.708. The molecule has 1 rings (SSSR count). The molecule has 2 heteroatoms. The largest absolute Gasteiger partial charge is 0.262 e. The van der Waals surface area contributed by atoms with Gasteiger partial charge in [-0.3, -0.25) is 4.68 Å². The van der Waals surface area contributed by atoms with E-state index in [4.69, 9.17) is 7.05 Å². The molecule has 7 heavy (non-hydrogen) atoms. The smallest absolute Gasteiger partial charge is 0.101 e. The summed E-state index contributed by atoms with van der Waals surface area (Å²) in [7, 11) is 5.25. The summed E-state index contributed by atoms with van der Waals surface area (Å²) in [5.74, 6) is 0. The molecule has 0 aliphatic carbocycles. The van der Waals surface area contributed by atoms with Crippen molar-refractivity contribution in [1.29, 1.82) is 0 Å². The van der Waals surface area contributed by atoms with Gasteiger partial charge in [-0.15, -0.1) is 0 Å². The number of hydrogen-bond acceptors (Lipinski definition) is 1. The first kappa shape index (κ1) is 4.37. The van der Waals surface area contributed by atoms with Gasteiger partial charge in [-0.1, -0.05) is 0 Å². The highest BCUT2D eigenvalue weighted by Crippen LogP contribution is 1.89. The second-order valence-electron chi connectivity index (χ2n) is 1.42. The van der Waals surface area contributed by atoms with E-state index in [2.05, 4.69) is 5.10 Å². The van der Waals surface area contributed by atoms with E-state index in [9.17, 15) is 0 Å². The zero-order chi connectivity index (χ0) is 5.28. The van der Waals surface area contributed by atoms with Crippen LogP contribution in [0.4, 0.5) is 0 Å². The third-order valence-corrected chi connectivity index (χ3v) is 0.868. The van der Waals surface area contributed by atoms with Gasteiger partial charge in [-0.05, 0) is 13.0 Å². The van der Waals surface area contributed by atoms with Gasteiger partial charge in [0.05, 0.1) is 0 Å². The zero-order valence-corrected chi connectivity index (χ0v) is 4.13. The van der Waals surface area contributed by atoms with Gasteiger partial charge in [0.15, 0.2) is 0 Å². The molecule has 0 atom stereocenters. The Hall–Kier alpha value is -0.790. The summed E-state index contributed by atoms with van der Waals surface area (Å²) in [6.07, 6.45) is 1.66. The molecular weight excluding hydrogens is 88.1 g/mol. The van der Waals surface area contributed by atoms with Crippen LogP contribution in [0.2, 0.25) is 0 Å². The number of aromatic nitrogens is 2. The Bertz CT molecular complexity index is 138. The summed E-state index contributed by atoms with van der Waals surface area (Å²) < 4.78 is 1.33. The third-order valence-electron chi connectivity index (χ3n) is 0.868. The van der Waals surface area contributed by atoms with E-state index >= 15 is 0 Å². The minimum atomic E-state index is 0.972. The zero-order valence-electron chi connectivity index (χ0n) is 4.13. The Morgan fingerprint density at radius 2 is 2.57 bits per heavy atom. The van der Waals surface area contributed by atoms with Crippen molar-refractivity contribution in [3.05, 3.63) is 25.0 Å². The lowest BCUT2D eigenvalue weighted by Gasteiger charge is -1.86. The molecule has 36 valence electrons. The lowest BCUT2D eigenvalue weighted by atomic mass is 10.5. The van der Waals surface area contributed by atoms with Crippen molar-refractivity contribution in [1.82, 2.24) is 9.78 Å². The second kappa shape index (κ2) is 1.37. The minimum absolute atomic E-state index is 0.972. The molecule has 2 radical (unpaired) electrons. The summed E-state index contributed by atoms with van der Waals surface area (Å²) in [5.41, 5.74) is 0.972. The maximum absolute atomic E-state index is 5.25. The first-order chi connectivity index (χ1) is 3.30. The molecule has 0 spiro atoms. The maximum Gasteiger partial charge on any atom is 0.101 e. The van der Waals surface area contributed by atoms with Crippen molar-refractivity contribution in [3.8, 4) is 0 Å². The van der Waals surface area contributed by atoms with Crippen LogP contribution in [0.3, 0.4) is 0 Å². The van der Waals surface area contributed by atoms with Gasteiger partial charge in [0.2, 0.25) is 0 Å². The van der Waals surface area contributed by atoms with Crippen LogP contribution < -0.4 is 0 Å². The number of nitrogens with zero attached hydrogens (tertiary/aromatic N) is 2. The highest BCUT2D eigenvalue weighted by atomic mass is 15.2. The molecule has 0 unspecified atom stereocenters. The average Bonchev–Trinajstić information content (AvgIpc) is 1.91. The van der Waals surface area contributed by atoms with Crippen molar-refractivity contribution in [2.45, 2.75) is 6.92 Å². The molecule has 0 N–H and O–H groups in total. The molecule has 1 aromatic heterocycles. The van der Waals surface area contributed by atoms with Crippen LogP contribution in [-0.2, 0) is 0 Å². The second-order valence-corrected chi connectivity index (χ2v) is 1.42. The molecule has 0 aromatic carbocycles. The summed E-state index contributed by atoms with van der Waals surface area (Å²) in [6, 6.07) is 1.85. The van der Waals surface area contributed by atoms with Crippen LogP contribution in [-0.4, -0.2) is 9.78 Å². The molecule has 1 aromatic rings. The highest BCUT2D eigenvalue weighted by Gasteiger charge is 1.84. The molecular formula is C5H6N2. The van der Waals surface area contributed by atoms with Crippen molar-refractivity contribution in [2.75, 3.05) is 0 Å². The van der Waals surface area contributed by atoms with E-state index in [-0.39, 0.29) is 0 Å². The molecule has 2 nitrogen and oxygen atoms in total. The van der Waals surface area contributed by atoms with Crippen LogP contribution in [0.5, 0.6) is 0 Å². The minimum Gasteiger partial charge on any atom is -0.262 e. The van der Waals surface area contributed by atoms with Crippen molar-refractivity contribution in [3.63, 3.8) is 0 Å². The fourth-order valence-corrected chi connectivity index (χ4v) is 0.380. The van der Waals surface area contributed by atoms with E-state index in [1.165, 1.54) is 4.68 Å². The Balaban J connectivity index is 3.12. The van der Waals surface area contributed by atoms with E-state index in [1.54, 1.807) is 6.20 Å². The number of hydrogen-bond donors (Lipinski definition) is 0. The molecule has 0 saturated heterocycles. The fourth-order valence-electron chi connectivity index (χ4n) is 0.380. The van der Waals surface area contributed by atoms with E-state index in [0.717, 1.165) is 5.69 Å². The maximum atomic E-state index is 5.25. The lowest BCUT2D eigenvalue weighted by Crippen LogP contribution is -1.87. The number of rotatable bonds is 0. The first-order valence-electron chi connectivity index (χ1n) is 2.06. The normalized spacial score (nSPS) is 9.43. The lowest BCUT2D eigenvalue weighted by molar-refractivity contribution is 0.843. The number of aryl methyl sites for hydroxylation is 1. The quantitative estimate of drug-likeness (QED) is 0.463. The van der Waals surface area contributed by atoms with Gasteiger partial charge in [0.1, 0.15) is 7.05 Å². The third kappa shape index (κ3) is 0.633. The van der Waals surface area contributed by atoms with Crippen LogP contribution in [0.25, 0.3) is 0 Å². The molecule has 0 amide bonds. The van der Waals surface area contributed by atoms with Crippen LogP contribution in [0.15, 0.2) is 12.3 Å². The molecule has 0 aliphatic rings. The molecule has 0 aliphatic heterocycles. The fraction of sp³-hybridized carbons (Fsp3) is 0.200. The van der Waals surface area contributed by atoms with Gasteiger partial charge in [-0.25, -0.2) is 0 Å². The standard InChI is InChI=1S/C5H6N2/c1-5-3-4-6-7(5)2/h2-4H,1H3. The summed E-state index contributed by atoms with van der Waals surface area (Å²) in [4.78, 5) is 0. The summed E-state index contributed by atoms with van der Waals surface area (Å²) in [5, 5.41) is 3.71. The SMILES string of the molecule is [CH]n1nccc1C. The van der Waals surface area contributed by atoms with E-state index in [0.29, 0.717) is 0 Å². The van der Waals surface area contributed by atoms with Crippen molar-refractivity contribution >= 4 is 0 Å². The molecule has 0 fully saturated rings. The highest BCUT2D eigenvalue weighted by molar-refractivity contribution is 4.96. The van der Waals surface area contributed by atoms with Crippen LogP contribution in [0, 0.1) is 14.0 Å². The van der Waals surface area contributed by atoms with Crippen LogP contribution >= 0.6 is 0 Å². The van der Waals surface area contributed by atoms with E-state index < -0.39 is 0 Å². The Morgan fingerprint density at radius 1 is 1.86 bits per heavy atom. The average molecular weight is 94.1 g/mol. The Kier molecular flexibility index (Phi) is 0.855. The molecule has 1 heterocycles. The van der Waals surface area contributed by atoms with Crippen molar-refractivity contribution < 1.29 is 0 Å². The van der Waals surface area contributed by atoms with Gasteiger partial charge in [-0.2, -0.15) is 5.10 Å². The van der Waals surface area contributed by atoms with Crippen molar-refractivity contribution in [2.24, 2.45) is 0 Å². The van der Waals surface area contributed by atoms with E-state index in [1.807, 2.05) is 13.0 Å². The predicted molar refractivity (Wildman–Crippen MR) is 26.7 cm³/mol. The van der Waals surface area contributed by atoms with Gasteiger partial charge >= 0.3 is 0 Å². The summed E-state index contributed by atoms with van der Waals surface area (Å²) >= 11 is 0. The van der Waals surface area contributed by atoms with Gasteiger partial charge in [0.25, 0.3) is 0 Å².